The van der Waals surface area contributed by atoms with Gasteiger partial charge in [-0.05, 0) is 36.6 Å². The van der Waals surface area contributed by atoms with Gasteiger partial charge in [-0.3, -0.25) is 24.4 Å². The molecule has 37 heavy (non-hydrogen) atoms. The second-order valence-electron chi connectivity index (χ2n) is 9.52. The van der Waals surface area contributed by atoms with Gasteiger partial charge in [0, 0.05) is 50.3 Å². The molecule has 5 amide bonds. The molecule has 0 unspecified atom stereocenters. The van der Waals surface area contributed by atoms with E-state index in [2.05, 4.69) is 20.6 Å². The number of hydrogen-bond donors (Lipinski definition) is 3. The molecule has 1 aliphatic carbocycles. The first-order valence-electron chi connectivity index (χ1n) is 12.7. The Morgan fingerprint density at radius 1 is 1.00 bits per heavy atom. The Labute approximate surface area is 215 Å². The van der Waals surface area contributed by atoms with E-state index in [1.807, 2.05) is 0 Å². The molecule has 11 heteroatoms. The van der Waals surface area contributed by atoms with Gasteiger partial charge < -0.3 is 26.2 Å². The van der Waals surface area contributed by atoms with Gasteiger partial charge in [0.05, 0.1) is 12.1 Å². The van der Waals surface area contributed by atoms with Crippen LogP contribution in [0.2, 0.25) is 0 Å². The number of piperazine rings is 1. The van der Waals surface area contributed by atoms with E-state index in [1.54, 1.807) is 42.9 Å². The maximum Gasteiger partial charge on any atom is 0.318 e. The van der Waals surface area contributed by atoms with Crippen LogP contribution in [0, 0.1) is 0 Å². The van der Waals surface area contributed by atoms with Gasteiger partial charge in [0.2, 0.25) is 11.8 Å². The zero-order valence-electron chi connectivity index (χ0n) is 20.7. The summed E-state index contributed by atoms with van der Waals surface area (Å²) < 4.78 is 0. The van der Waals surface area contributed by atoms with Gasteiger partial charge >= 0.3 is 6.03 Å². The van der Waals surface area contributed by atoms with Crippen molar-refractivity contribution in [3.8, 4) is 0 Å². The Balaban J connectivity index is 1.51. The van der Waals surface area contributed by atoms with Crippen LogP contribution in [-0.2, 0) is 16.0 Å². The number of hydrogen-bond acceptors (Lipinski definition) is 6. The highest BCUT2D eigenvalue weighted by atomic mass is 16.2. The second kappa shape index (κ2) is 12.3. The van der Waals surface area contributed by atoms with Crippen molar-refractivity contribution in [3.05, 3.63) is 60.2 Å². The van der Waals surface area contributed by atoms with E-state index >= 15 is 0 Å². The van der Waals surface area contributed by atoms with Gasteiger partial charge in [-0.2, -0.15) is 0 Å². The summed E-state index contributed by atoms with van der Waals surface area (Å²) in [6, 6.07) is 4.57. The van der Waals surface area contributed by atoms with Crippen LogP contribution in [-0.4, -0.2) is 81.3 Å². The van der Waals surface area contributed by atoms with Crippen molar-refractivity contribution in [2.45, 2.75) is 56.7 Å². The Bertz CT molecular complexity index is 1090. The quantitative estimate of drug-likeness (QED) is 0.506. The first kappa shape index (κ1) is 26.1. The lowest BCUT2D eigenvalue weighted by Crippen LogP contribution is -2.65. The Kier molecular flexibility index (Phi) is 8.65. The minimum absolute atomic E-state index is 0.0178. The van der Waals surface area contributed by atoms with Crippen LogP contribution in [0.15, 0.2) is 49.1 Å². The molecule has 3 heterocycles. The highest BCUT2D eigenvalue weighted by Crippen LogP contribution is 2.19. The Morgan fingerprint density at radius 3 is 2.38 bits per heavy atom. The molecular weight excluding hydrogens is 474 g/mol. The molecule has 2 aromatic rings. The molecule has 2 fully saturated rings. The molecule has 2 atom stereocenters. The fraction of sp³-hybridized carbons (Fsp3) is 0.462. The predicted octanol–water partition coefficient (Wildman–Crippen LogP) is 0.858. The number of primary amides is 1. The molecule has 0 aromatic carbocycles. The summed E-state index contributed by atoms with van der Waals surface area (Å²) in [5.74, 6) is -1.52. The lowest BCUT2D eigenvalue weighted by molar-refractivity contribution is -0.131. The van der Waals surface area contributed by atoms with E-state index in [1.165, 1.54) is 16.0 Å². The normalized spacial score (nSPS) is 19.1. The third-order valence-corrected chi connectivity index (χ3v) is 6.89. The SMILES string of the molecule is NC(=O)[C@@H](Cc1cccnc1)NC(=O)[C@@H]1CN(C(=O)c2cccnc2)CCN1C(=O)NC1CCCCC1. The maximum atomic E-state index is 13.5. The van der Waals surface area contributed by atoms with Crippen molar-refractivity contribution >= 4 is 23.8 Å². The van der Waals surface area contributed by atoms with Gasteiger partial charge in [0.1, 0.15) is 12.1 Å². The molecule has 0 radical (unpaired) electrons. The summed E-state index contributed by atoms with van der Waals surface area (Å²) >= 11 is 0. The molecular formula is C26H33N7O4. The third kappa shape index (κ3) is 6.81. The number of amides is 5. The summed E-state index contributed by atoms with van der Waals surface area (Å²) in [5.41, 5.74) is 6.72. The smallest absolute Gasteiger partial charge is 0.318 e. The first-order chi connectivity index (χ1) is 17.9. The lowest BCUT2D eigenvalue weighted by atomic mass is 9.95. The maximum absolute atomic E-state index is 13.5. The summed E-state index contributed by atoms with van der Waals surface area (Å²) in [7, 11) is 0. The largest absolute Gasteiger partial charge is 0.368 e. The van der Waals surface area contributed by atoms with Crippen molar-refractivity contribution in [1.82, 2.24) is 30.4 Å². The van der Waals surface area contributed by atoms with Crippen molar-refractivity contribution in [3.63, 3.8) is 0 Å². The minimum Gasteiger partial charge on any atom is -0.368 e. The van der Waals surface area contributed by atoms with Crippen LogP contribution in [0.5, 0.6) is 0 Å². The molecule has 11 nitrogen and oxygen atoms in total. The second-order valence-corrected chi connectivity index (χ2v) is 9.52. The van der Waals surface area contributed by atoms with Crippen molar-refractivity contribution < 1.29 is 19.2 Å². The average molecular weight is 508 g/mol. The van der Waals surface area contributed by atoms with Gasteiger partial charge in [0.25, 0.3) is 5.91 Å². The standard InChI is InChI=1S/C26H33N7O4/c27-23(34)21(14-18-6-4-10-28-15-18)31-24(35)22-17-32(25(36)19-7-5-11-29-16-19)12-13-33(22)26(37)30-20-8-2-1-3-9-20/h4-7,10-11,15-16,20-22H,1-3,8-9,12-14,17H2,(H2,27,34)(H,30,37)(H,31,35)/t21-,22+/m1/s1. The molecule has 4 rings (SSSR count). The monoisotopic (exact) mass is 507 g/mol. The van der Waals surface area contributed by atoms with Crippen LogP contribution in [0.25, 0.3) is 0 Å². The van der Waals surface area contributed by atoms with Gasteiger partial charge in [-0.15, -0.1) is 0 Å². The molecule has 1 saturated carbocycles. The van der Waals surface area contributed by atoms with E-state index in [0.717, 1.165) is 37.7 Å². The van der Waals surface area contributed by atoms with Crippen LogP contribution in [0.3, 0.4) is 0 Å². The zero-order valence-corrected chi connectivity index (χ0v) is 20.7. The molecule has 1 aliphatic heterocycles. The number of nitrogens with two attached hydrogens (primary N) is 1. The van der Waals surface area contributed by atoms with Crippen molar-refractivity contribution in [2.75, 3.05) is 19.6 Å². The molecule has 2 aromatic heterocycles. The Morgan fingerprint density at radius 2 is 1.73 bits per heavy atom. The number of carbonyl (C=O) groups excluding carboxylic acids is 4. The van der Waals surface area contributed by atoms with Crippen molar-refractivity contribution in [2.24, 2.45) is 5.73 Å². The molecule has 0 bridgehead atoms. The number of nitrogens with zero attached hydrogens (tertiary/aromatic N) is 4. The topological polar surface area (TPSA) is 151 Å². The zero-order chi connectivity index (χ0) is 26.2. The first-order valence-corrected chi connectivity index (χ1v) is 12.7. The summed E-state index contributed by atoms with van der Waals surface area (Å²) in [6.07, 6.45) is 11.5. The fourth-order valence-electron chi connectivity index (χ4n) is 4.86. The van der Waals surface area contributed by atoms with Crippen LogP contribution in [0.1, 0.15) is 48.0 Å². The van der Waals surface area contributed by atoms with E-state index in [-0.39, 0.29) is 44.0 Å². The molecule has 1 saturated heterocycles. The average Bonchev–Trinajstić information content (AvgIpc) is 2.93. The lowest BCUT2D eigenvalue weighted by Gasteiger charge is -2.41. The number of pyridine rings is 2. The fourth-order valence-corrected chi connectivity index (χ4v) is 4.86. The molecule has 4 N–H and O–H groups in total. The van der Waals surface area contributed by atoms with E-state index in [9.17, 15) is 19.2 Å². The van der Waals surface area contributed by atoms with E-state index in [4.69, 9.17) is 5.73 Å². The van der Waals surface area contributed by atoms with Gasteiger partial charge in [0.15, 0.2) is 0 Å². The van der Waals surface area contributed by atoms with Gasteiger partial charge in [-0.25, -0.2) is 4.79 Å². The van der Waals surface area contributed by atoms with Crippen molar-refractivity contribution in [1.29, 1.82) is 0 Å². The summed E-state index contributed by atoms with van der Waals surface area (Å²) in [4.78, 5) is 63.1. The number of carbonyl (C=O) groups is 4. The number of rotatable bonds is 7. The van der Waals surface area contributed by atoms with Crippen LogP contribution >= 0.6 is 0 Å². The predicted molar refractivity (Wildman–Crippen MR) is 135 cm³/mol. The highest BCUT2D eigenvalue weighted by molar-refractivity contribution is 5.96. The Hall–Kier alpha value is -4.02. The number of urea groups is 1. The molecule has 2 aliphatic rings. The van der Waals surface area contributed by atoms with Crippen LogP contribution < -0.4 is 16.4 Å². The van der Waals surface area contributed by atoms with E-state index in [0.29, 0.717) is 5.56 Å². The minimum atomic E-state index is -0.996. The summed E-state index contributed by atoms with van der Waals surface area (Å²) in [5, 5.41) is 5.77. The highest BCUT2D eigenvalue weighted by Gasteiger charge is 2.39. The molecule has 196 valence electrons. The molecule has 0 spiro atoms. The number of nitrogens with one attached hydrogen (secondary N) is 2. The third-order valence-electron chi connectivity index (χ3n) is 6.89. The van der Waals surface area contributed by atoms with E-state index < -0.39 is 23.9 Å². The van der Waals surface area contributed by atoms with Gasteiger partial charge in [-0.1, -0.05) is 25.3 Å². The summed E-state index contributed by atoms with van der Waals surface area (Å²) in [6.45, 7) is 0.424. The van der Waals surface area contributed by atoms with Crippen LogP contribution in [0.4, 0.5) is 4.79 Å². The number of aromatic nitrogens is 2.